The van der Waals surface area contributed by atoms with Crippen LogP contribution in [0.4, 0.5) is 0 Å². The van der Waals surface area contributed by atoms with Gasteiger partial charge in [-0.1, -0.05) is 13.0 Å². The average molecular weight is 384 g/mol. The second-order valence-corrected chi connectivity index (χ2v) is 7.68. The predicted octanol–water partition coefficient (Wildman–Crippen LogP) is 3.88. The summed E-state index contributed by atoms with van der Waals surface area (Å²) in [7, 11) is 1.69. The average Bonchev–Trinajstić information content (AvgIpc) is 2.74. The fraction of sp³-hybridized carbons (Fsp3) is 0.522. The topological polar surface area (TPSA) is 46.6 Å². The van der Waals surface area contributed by atoms with Crippen molar-refractivity contribution in [1.29, 1.82) is 0 Å². The van der Waals surface area contributed by atoms with Crippen molar-refractivity contribution in [3.8, 4) is 11.5 Å². The lowest BCUT2D eigenvalue weighted by Crippen LogP contribution is -2.34. The zero-order chi connectivity index (χ0) is 19.6. The number of benzene rings is 1. The van der Waals surface area contributed by atoms with Crippen molar-refractivity contribution in [2.45, 2.75) is 39.3 Å². The first-order valence-electron chi connectivity index (χ1n) is 10.4. The molecule has 1 N–H and O–H groups in total. The second-order valence-electron chi connectivity index (χ2n) is 7.68. The molecule has 0 atom stereocenters. The quantitative estimate of drug-likeness (QED) is 0.631. The number of methoxy groups -OCH3 is 1. The molecule has 1 saturated heterocycles. The highest BCUT2D eigenvalue weighted by molar-refractivity contribution is 5.43. The van der Waals surface area contributed by atoms with Crippen LogP contribution in [-0.4, -0.2) is 43.2 Å². The van der Waals surface area contributed by atoms with Gasteiger partial charge in [0.25, 0.3) is 0 Å². The lowest BCUT2D eigenvalue weighted by molar-refractivity contribution is 0.190. The summed E-state index contributed by atoms with van der Waals surface area (Å²) in [6.45, 7) is 8.48. The molecule has 0 aliphatic carbocycles. The fourth-order valence-corrected chi connectivity index (χ4v) is 3.53. The molecule has 0 spiro atoms. The summed E-state index contributed by atoms with van der Waals surface area (Å²) in [5, 5.41) is 3.55. The van der Waals surface area contributed by atoms with E-state index in [1.807, 2.05) is 18.2 Å². The third-order valence-electron chi connectivity index (χ3n) is 5.41. The first-order valence-corrected chi connectivity index (χ1v) is 10.4. The molecule has 28 heavy (non-hydrogen) atoms. The molecule has 5 heteroatoms. The zero-order valence-electron chi connectivity index (χ0n) is 17.2. The van der Waals surface area contributed by atoms with E-state index in [4.69, 9.17) is 9.47 Å². The first kappa shape index (κ1) is 20.6. The summed E-state index contributed by atoms with van der Waals surface area (Å²) >= 11 is 0. The van der Waals surface area contributed by atoms with Gasteiger partial charge in [0, 0.05) is 18.9 Å². The Bertz CT molecular complexity index is 700. The molecule has 0 bridgehead atoms. The Hall–Kier alpha value is -2.11. The molecule has 1 aliphatic heterocycles. The van der Waals surface area contributed by atoms with E-state index in [2.05, 4.69) is 34.3 Å². The Kier molecular flexibility index (Phi) is 8.12. The van der Waals surface area contributed by atoms with E-state index in [0.717, 1.165) is 36.1 Å². The number of nitrogens with one attached hydrogen (secondary N) is 1. The minimum absolute atomic E-state index is 0.506. The van der Waals surface area contributed by atoms with Gasteiger partial charge in [-0.3, -0.25) is 4.98 Å². The van der Waals surface area contributed by atoms with Crippen LogP contribution in [0, 0.1) is 5.92 Å². The van der Waals surface area contributed by atoms with Gasteiger partial charge in [-0.25, -0.2) is 0 Å². The minimum Gasteiger partial charge on any atom is -0.493 e. The molecule has 1 aromatic heterocycles. The van der Waals surface area contributed by atoms with Crippen LogP contribution in [0.1, 0.15) is 37.3 Å². The van der Waals surface area contributed by atoms with Gasteiger partial charge >= 0.3 is 0 Å². The van der Waals surface area contributed by atoms with Gasteiger partial charge < -0.3 is 19.7 Å². The maximum absolute atomic E-state index is 5.91. The zero-order valence-corrected chi connectivity index (χ0v) is 17.2. The molecule has 3 rings (SSSR count). The lowest BCUT2D eigenvalue weighted by Gasteiger charge is -2.30. The summed E-state index contributed by atoms with van der Waals surface area (Å²) < 4.78 is 11.4. The van der Waals surface area contributed by atoms with E-state index in [1.54, 1.807) is 19.5 Å². The van der Waals surface area contributed by atoms with Crippen LogP contribution in [0.25, 0.3) is 0 Å². The smallest absolute Gasteiger partial charge is 0.161 e. The Labute approximate surface area is 169 Å². The summed E-state index contributed by atoms with van der Waals surface area (Å²) in [4.78, 5) is 6.62. The monoisotopic (exact) mass is 383 g/mol. The SMILES string of the molecule is COc1cc(CNCCCN2CCC(C)CC2)ccc1OCc1ccncc1. The van der Waals surface area contributed by atoms with Crippen LogP contribution in [0.15, 0.2) is 42.7 Å². The Morgan fingerprint density at radius 3 is 2.61 bits per heavy atom. The number of likely N-dealkylation sites (tertiary alicyclic amines) is 1. The number of hydrogen-bond acceptors (Lipinski definition) is 5. The van der Waals surface area contributed by atoms with Crippen molar-refractivity contribution in [2.75, 3.05) is 33.3 Å². The largest absolute Gasteiger partial charge is 0.493 e. The molecule has 0 amide bonds. The van der Waals surface area contributed by atoms with Crippen molar-refractivity contribution in [3.63, 3.8) is 0 Å². The van der Waals surface area contributed by atoms with Gasteiger partial charge in [0.2, 0.25) is 0 Å². The molecule has 1 aromatic carbocycles. The number of pyridine rings is 1. The van der Waals surface area contributed by atoms with Gasteiger partial charge in [-0.05, 0) is 86.8 Å². The molecule has 1 aliphatic rings. The minimum atomic E-state index is 0.506. The summed E-state index contributed by atoms with van der Waals surface area (Å²) in [5.74, 6) is 2.44. The van der Waals surface area contributed by atoms with Crippen molar-refractivity contribution < 1.29 is 9.47 Å². The van der Waals surface area contributed by atoms with Crippen LogP contribution in [0.2, 0.25) is 0 Å². The van der Waals surface area contributed by atoms with Crippen molar-refractivity contribution >= 4 is 0 Å². The van der Waals surface area contributed by atoms with Crippen LogP contribution in [-0.2, 0) is 13.2 Å². The second kappa shape index (κ2) is 11.0. The molecule has 2 aromatic rings. The number of piperidine rings is 1. The maximum Gasteiger partial charge on any atom is 0.161 e. The van der Waals surface area contributed by atoms with E-state index in [9.17, 15) is 0 Å². The lowest BCUT2D eigenvalue weighted by atomic mass is 9.99. The summed E-state index contributed by atoms with van der Waals surface area (Å²) in [6.07, 6.45) is 7.44. The molecule has 0 unspecified atom stereocenters. The number of aromatic nitrogens is 1. The van der Waals surface area contributed by atoms with Gasteiger partial charge in [0.05, 0.1) is 7.11 Å². The highest BCUT2D eigenvalue weighted by Gasteiger charge is 2.14. The third-order valence-corrected chi connectivity index (χ3v) is 5.41. The number of hydrogen-bond donors (Lipinski definition) is 1. The highest BCUT2D eigenvalue weighted by Crippen LogP contribution is 2.28. The van der Waals surface area contributed by atoms with Crippen molar-refractivity contribution in [2.24, 2.45) is 5.92 Å². The fourth-order valence-electron chi connectivity index (χ4n) is 3.53. The van der Waals surface area contributed by atoms with Crippen molar-refractivity contribution in [1.82, 2.24) is 15.2 Å². The third kappa shape index (κ3) is 6.50. The molecular formula is C23H33N3O2. The molecular weight excluding hydrogens is 350 g/mol. The molecule has 1 fully saturated rings. The van der Waals surface area contributed by atoms with Gasteiger partial charge in [0.1, 0.15) is 6.61 Å². The molecule has 0 saturated carbocycles. The predicted molar refractivity (Wildman–Crippen MR) is 113 cm³/mol. The normalized spacial score (nSPS) is 15.5. The standard InChI is InChI=1S/C23H33N3O2/c1-19-8-14-26(15-9-19)13-3-10-25-17-21-4-5-22(23(16-21)27-2)28-18-20-6-11-24-12-7-20/h4-7,11-12,16,19,25H,3,8-10,13-15,17-18H2,1-2H3. The van der Waals surface area contributed by atoms with Crippen molar-refractivity contribution in [3.05, 3.63) is 53.9 Å². The molecule has 5 nitrogen and oxygen atoms in total. The molecule has 2 heterocycles. The van der Waals surface area contributed by atoms with Crippen LogP contribution >= 0.6 is 0 Å². The van der Waals surface area contributed by atoms with Crippen LogP contribution in [0.5, 0.6) is 11.5 Å². The van der Waals surface area contributed by atoms with Crippen LogP contribution in [0.3, 0.4) is 0 Å². The Morgan fingerprint density at radius 2 is 1.86 bits per heavy atom. The number of nitrogens with zero attached hydrogens (tertiary/aromatic N) is 2. The Morgan fingerprint density at radius 1 is 1.07 bits per heavy atom. The maximum atomic E-state index is 5.91. The van der Waals surface area contributed by atoms with Crippen LogP contribution < -0.4 is 14.8 Å². The van der Waals surface area contributed by atoms with Gasteiger partial charge in [-0.2, -0.15) is 0 Å². The summed E-state index contributed by atoms with van der Waals surface area (Å²) in [5.41, 5.74) is 2.30. The first-order chi connectivity index (χ1) is 13.7. The number of rotatable bonds is 10. The van der Waals surface area contributed by atoms with E-state index in [-0.39, 0.29) is 0 Å². The molecule has 152 valence electrons. The van der Waals surface area contributed by atoms with E-state index >= 15 is 0 Å². The highest BCUT2D eigenvalue weighted by atomic mass is 16.5. The van der Waals surface area contributed by atoms with Gasteiger partial charge in [-0.15, -0.1) is 0 Å². The molecule has 0 radical (unpaired) electrons. The summed E-state index contributed by atoms with van der Waals surface area (Å²) in [6, 6.07) is 10.1. The number of ether oxygens (including phenoxy) is 2. The van der Waals surface area contributed by atoms with Gasteiger partial charge in [0.15, 0.2) is 11.5 Å². The van der Waals surface area contributed by atoms with E-state index in [0.29, 0.717) is 6.61 Å². The Balaban J connectivity index is 1.39. The van der Waals surface area contributed by atoms with E-state index < -0.39 is 0 Å². The van der Waals surface area contributed by atoms with E-state index in [1.165, 1.54) is 44.5 Å².